The second kappa shape index (κ2) is 3.46. The van der Waals surface area contributed by atoms with Crippen molar-refractivity contribution in [2.45, 2.75) is 31.0 Å². The number of hydrogen-bond acceptors (Lipinski definition) is 5. The van der Waals surface area contributed by atoms with Gasteiger partial charge < -0.3 is 25.2 Å². The van der Waals surface area contributed by atoms with Crippen LogP contribution >= 0.6 is 0 Å². The summed E-state index contributed by atoms with van der Waals surface area (Å²) in [5.74, 6) is 0. The molecular weight excluding hydrogens is 152 g/mol. The summed E-state index contributed by atoms with van der Waals surface area (Å²) in [5.41, 5.74) is 0. The van der Waals surface area contributed by atoms with Gasteiger partial charge >= 0.3 is 0 Å². The zero-order valence-corrected chi connectivity index (χ0v) is 5.92. The fourth-order valence-electron chi connectivity index (χ4n) is 1.05. The Labute approximate surface area is 63.8 Å². The van der Waals surface area contributed by atoms with E-state index in [1.165, 1.54) is 0 Å². The molecule has 1 fully saturated rings. The van der Waals surface area contributed by atoms with Gasteiger partial charge in [0.15, 0.2) is 6.29 Å². The van der Waals surface area contributed by atoms with Gasteiger partial charge in [0.1, 0.15) is 12.2 Å². The molecule has 0 aromatic rings. The predicted molar refractivity (Wildman–Crippen MR) is 34.6 cm³/mol. The Bertz CT molecular complexity index is 118. The number of rotatable bonds is 2. The topological polar surface area (TPSA) is 90.2 Å². The van der Waals surface area contributed by atoms with Gasteiger partial charge in [-0.3, -0.25) is 0 Å². The Balaban J connectivity index is 2.40. The zero-order valence-electron chi connectivity index (χ0n) is 5.92. The van der Waals surface area contributed by atoms with Crippen molar-refractivity contribution in [3.63, 3.8) is 0 Å². The molecule has 0 aromatic heterocycles. The summed E-state index contributed by atoms with van der Waals surface area (Å²) in [6, 6.07) is 0. The molecule has 0 aromatic carbocycles. The minimum absolute atomic E-state index is 0.156. The van der Waals surface area contributed by atoms with Crippen molar-refractivity contribution in [3.05, 3.63) is 0 Å². The lowest BCUT2D eigenvalue weighted by Crippen LogP contribution is -2.29. The highest BCUT2D eigenvalue weighted by molar-refractivity contribution is 4.80. The molecule has 4 N–H and O–H groups in total. The average molecular weight is 164 g/mol. The number of aliphatic hydroxyl groups is 4. The Hall–Kier alpha value is -0.200. The quantitative estimate of drug-likeness (QED) is 0.372. The molecule has 0 spiro atoms. The third-order valence-corrected chi connectivity index (χ3v) is 1.73. The first-order chi connectivity index (χ1) is 5.15. The van der Waals surface area contributed by atoms with E-state index < -0.39 is 31.2 Å². The molecule has 0 saturated carbocycles. The Morgan fingerprint density at radius 2 is 2.09 bits per heavy atom. The lowest BCUT2D eigenvalue weighted by Gasteiger charge is -2.14. The van der Waals surface area contributed by atoms with Crippen molar-refractivity contribution in [3.8, 4) is 0 Å². The van der Waals surface area contributed by atoms with E-state index in [9.17, 15) is 0 Å². The van der Waals surface area contributed by atoms with Crippen molar-refractivity contribution in [2.24, 2.45) is 0 Å². The number of hydrogen-bond donors (Lipinski definition) is 4. The minimum Gasteiger partial charge on any atom is -0.394 e. The fraction of sp³-hybridized carbons (Fsp3) is 1.00. The van der Waals surface area contributed by atoms with E-state index in [4.69, 9.17) is 25.2 Å². The van der Waals surface area contributed by atoms with Gasteiger partial charge in [0.25, 0.3) is 0 Å². The Morgan fingerprint density at radius 3 is 2.45 bits per heavy atom. The Morgan fingerprint density at radius 1 is 1.45 bits per heavy atom. The van der Waals surface area contributed by atoms with Crippen LogP contribution in [0.2, 0.25) is 0 Å². The standard InChI is InChI=1S/C6H12O5/c7-2-4(9)5-1-3(8)6(10)11-5/h3-10H,1-2H2/t3-,4-,5-,6+/m1/s1. The first kappa shape index (κ1) is 8.89. The number of ether oxygens (including phenoxy) is 1. The molecule has 1 heterocycles. The van der Waals surface area contributed by atoms with Crippen molar-refractivity contribution < 1.29 is 25.2 Å². The third kappa shape index (κ3) is 1.88. The van der Waals surface area contributed by atoms with Crippen LogP contribution < -0.4 is 0 Å². The highest BCUT2D eigenvalue weighted by Gasteiger charge is 2.36. The highest BCUT2D eigenvalue weighted by Crippen LogP contribution is 2.20. The maximum Gasteiger partial charge on any atom is 0.181 e. The largest absolute Gasteiger partial charge is 0.394 e. The maximum absolute atomic E-state index is 9.00. The van der Waals surface area contributed by atoms with E-state index >= 15 is 0 Å². The maximum atomic E-state index is 9.00. The monoisotopic (exact) mass is 164 g/mol. The molecule has 0 unspecified atom stereocenters. The molecule has 11 heavy (non-hydrogen) atoms. The SMILES string of the molecule is OC[C@@H](O)[C@H]1C[C@@H](O)[C@@H](O)O1. The second-order valence-electron chi connectivity index (χ2n) is 2.62. The summed E-state index contributed by atoms with van der Waals surface area (Å²) in [6.07, 6.45) is -3.72. The molecule has 5 heteroatoms. The van der Waals surface area contributed by atoms with E-state index in [0.717, 1.165) is 0 Å². The fourth-order valence-corrected chi connectivity index (χ4v) is 1.05. The van der Waals surface area contributed by atoms with Crippen LogP contribution in [0.15, 0.2) is 0 Å². The van der Waals surface area contributed by atoms with Gasteiger partial charge in [-0.2, -0.15) is 0 Å². The summed E-state index contributed by atoms with van der Waals surface area (Å²) in [4.78, 5) is 0. The molecule has 1 aliphatic rings. The van der Waals surface area contributed by atoms with Crippen LogP contribution in [0.3, 0.4) is 0 Å². The van der Waals surface area contributed by atoms with Gasteiger partial charge in [-0.25, -0.2) is 0 Å². The molecule has 66 valence electrons. The number of aliphatic hydroxyl groups excluding tert-OH is 4. The van der Waals surface area contributed by atoms with E-state index in [2.05, 4.69) is 0 Å². The van der Waals surface area contributed by atoms with Crippen LogP contribution in [-0.2, 0) is 4.74 Å². The lowest BCUT2D eigenvalue weighted by atomic mass is 10.1. The van der Waals surface area contributed by atoms with E-state index in [0.29, 0.717) is 0 Å². The van der Waals surface area contributed by atoms with Crippen molar-refractivity contribution >= 4 is 0 Å². The molecular formula is C6H12O5. The van der Waals surface area contributed by atoms with Crippen LogP contribution in [0.4, 0.5) is 0 Å². The van der Waals surface area contributed by atoms with E-state index in [1.807, 2.05) is 0 Å². The van der Waals surface area contributed by atoms with Gasteiger partial charge in [0.2, 0.25) is 0 Å². The molecule has 1 aliphatic heterocycles. The molecule has 1 rings (SSSR count). The first-order valence-electron chi connectivity index (χ1n) is 3.45. The third-order valence-electron chi connectivity index (χ3n) is 1.73. The normalized spacial score (nSPS) is 40.9. The van der Waals surface area contributed by atoms with E-state index in [1.54, 1.807) is 0 Å². The van der Waals surface area contributed by atoms with Crippen LogP contribution in [0.1, 0.15) is 6.42 Å². The van der Waals surface area contributed by atoms with Crippen molar-refractivity contribution in [1.82, 2.24) is 0 Å². The van der Waals surface area contributed by atoms with Crippen LogP contribution in [0.25, 0.3) is 0 Å². The van der Waals surface area contributed by atoms with Gasteiger partial charge in [-0.15, -0.1) is 0 Å². The molecule has 0 amide bonds. The zero-order chi connectivity index (χ0) is 8.43. The van der Waals surface area contributed by atoms with Gasteiger partial charge in [0.05, 0.1) is 12.7 Å². The summed E-state index contributed by atoms with van der Waals surface area (Å²) < 4.78 is 4.72. The van der Waals surface area contributed by atoms with Crippen LogP contribution in [0, 0.1) is 0 Å². The van der Waals surface area contributed by atoms with Crippen LogP contribution in [-0.4, -0.2) is 51.6 Å². The van der Waals surface area contributed by atoms with E-state index in [-0.39, 0.29) is 6.42 Å². The first-order valence-corrected chi connectivity index (χ1v) is 3.45. The molecule has 4 atom stereocenters. The molecule has 0 radical (unpaired) electrons. The van der Waals surface area contributed by atoms with Crippen molar-refractivity contribution in [1.29, 1.82) is 0 Å². The summed E-state index contributed by atoms with van der Waals surface area (Å²) >= 11 is 0. The molecule has 0 aliphatic carbocycles. The highest BCUT2D eigenvalue weighted by atomic mass is 16.6. The summed E-state index contributed by atoms with van der Waals surface area (Å²) in [5, 5.41) is 35.3. The molecule has 5 nitrogen and oxygen atoms in total. The second-order valence-corrected chi connectivity index (χ2v) is 2.62. The summed E-state index contributed by atoms with van der Waals surface area (Å²) in [6.45, 7) is -0.426. The van der Waals surface area contributed by atoms with Crippen molar-refractivity contribution in [2.75, 3.05) is 6.61 Å². The van der Waals surface area contributed by atoms with Gasteiger partial charge in [-0.1, -0.05) is 0 Å². The summed E-state index contributed by atoms with van der Waals surface area (Å²) in [7, 11) is 0. The van der Waals surface area contributed by atoms with Crippen LogP contribution in [0.5, 0.6) is 0 Å². The molecule has 1 saturated heterocycles. The van der Waals surface area contributed by atoms with Gasteiger partial charge in [-0.05, 0) is 0 Å². The molecule has 0 bridgehead atoms. The Kier molecular flexibility index (Phi) is 2.80. The predicted octanol–water partition coefficient (Wildman–Crippen LogP) is -2.19. The minimum atomic E-state index is -1.24. The average Bonchev–Trinajstić information content (AvgIpc) is 2.31. The van der Waals surface area contributed by atoms with Gasteiger partial charge in [0, 0.05) is 6.42 Å². The smallest absolute Gasteiger partial charge is 0.181 e. The lowest BCUT2D eigenvalue weighted by molar-refractivity contribution is -0.149.